The van der Waals surface area contributed by atoms with Gasteiger partial charge in [-0.1, -0.05) is 0 Å². The van der Waals surface area contributed by atoms with E-state index >= 15 is 0 Å². The summed E-state index contributed by atoms with van der Waals surface area (Å²) in [6, 6.07) is 0. The summed E-state index contributed by atoms with van der Waals surface area (Å²) in [4.78, 5) is 2.37. The molecule has 4 rings (SSSR count). The third-order valence-corrected chi connectivity index (χ3v) is 5.65. The van der Waals surface area contributed by atoms with Crippen LogP contribution < -0.4 is 4.90 Å². The van der Waals surface area contributed by atoms with Crippen molar-refractivity contribution in [2.75, 3.05) is 31.7 Å². The van der Waals surface area contributed by atoms with Gasteiger partial charge in [-0.05, 0) is 50.9 Å². The minimum absolute atomic E-state index is 0.654. The number of aromatic amines is 1. The molecule has 0 aromatic carbocycles. The Morgan fingerprint density at radius 1 is 1.12 bits per heavy atom. The standard InChI is InChI=1S/C18H28N6O/c1-23-17(16-14-7-3-4-8-15(14)19-20-16)21-22-18(23)24-10-5-6-13(9-11-24)12-25-2/h13H,3-12H2,1-2H3,(H,19,20). The van der Waals surface area contributed by atoms with Gasteiger partial charge in [0.05, 0.1) is 0 Å². The molecular weight excluding hydrogens is 316 g/mol. The molecule has 2 aliphatic rings. The number of nitrogens with zero attached hydrogens (tertiary/aromatic N) is 5. The number of H-pyrrole nitrogens is 1. The van der Waals surface area contributed by atoms with Gasteiger partial charge >= 0.3 is 0 Å². The minimum atomic E-state index is 0.654. The van der Waals surface area contributed by atoms with E-state index in [1.54, 1.807) is 7.11 Å². The van der Waals surface area contributed by atoms with Gasteiger partial charge in [0.15, 0.2) is 5.82 Å². The van der Waals surface area contributed by atoms with Crippen molar-refractivity contribution in [2.24, 2.45) is 13.0 Å². The lowest BCUT2D eigenvalue weighted by Gasteiger charge is -2.21. The van der Waals surface area contributed by atoms with E-state index in [9.17, 15) is 0 Å². The zero-order chi connectivity index (χ0) is 17.2. The number of methoxy groups -OCH3 is 1. The first-order chi connectivity index (χ1) is 12.3. The van der Waals surface area contributed by atoms with Crippen LogP contribution in [0.5, 0.6) is 0 Å². The fourth-order valence-corrected chi connectivity index (χ4v) is 4.24. The monoisotopic (exact) mass is 344 g/mol. The highest BCUT2D eigenvalue weighted by Crippen LogP contribution is 2.30. The number of rotatable bonds is 4. The van der Waals surface area contributed by atoms with Crippen LogP contribution in [0.3, 0.4) is 0 Å². The Morgan fingerprint density at radius 2 is 2.00 bits per heavy atom. The Kier molecular flexibility index (Phi) is 4.74. The van der Waals surface area contributed by atoms with Crippen LogP contribution in [0.4, 0.5) is 5.95 Å². The van der Waals surface area contributed by atoms with Crippen molar-refractivity contribution < 1.29 is 4.74 Å². The molecule has 1 aliphatic carbocycles. The normalized spacial score (nSPS) is 21.2. The average molecular weight is 344 g/mol. The molecule has 7 nitrogen and oxygen atoms in total. The van der Waals surface area contributed by atoms with Gasteiger partial charge in [-0.3, -0.25) is 9.67 Å². The second-order valence-corrected chi connectivity index (χ2v) is 7.36. The van der Waals surface area contributed by atoms with Crippen LogP contribution in [0.2, 0.25) is 0 Å². The van der Waals surface area contributed by atoms with Crippen molar-refractivity contribution in [1.29, 1.82) is 0 Å². The number of hydrogen-bond acceptors (Lipinski definition) is 5. The zero-order valence-corrected chi connectivity index (χ0v) is 15.3. The Hall–Kier alpha value is -1.89. The average Bonchev–Trinajstić information content (AvgIpc) is 3.13. The molecule has 0 amide bonds. The summed E-state index contributed by atoms with van der Waals surface area (Å²) < 4.78 is 7.46. The maximum atomic E-state index is 5.34. The molecule has 2 aromatic heterocycles. The molecule has 3 heterocycles. The summed E-state index contributed by atoms with van der Waals surface area (Å²) in [5.41, 5.74) is 3.61. The van der Waals surface area contributed by atoms with E-state index in [4.69, 9.17) is 4.74 Å². The Morgan fingerprint density at radius 3 is 2.88 bits per heavy atom. The molecule has 0 saturated carbocycles. The van der Waals surface area contributed by atoms with Crippen molar-refractivity contribution >= 4 is 5.95 Å². The van der Waals surface area contributed by atoms with E-state index in [0.29, 0.717) is 5.92 Å². The van der Waals surface area contributed by atoms with E-state index in [1.807, 2.05) is 0 Å². The van der Waals surface area contributed by atoms with Crippen LogP contribution in [0.25, 0.3) is 11.5 Å². The molecule has 7 heteroatoms. The van der Waals surface area contributed by atoms with E-state index in [0.717, 1.165) is 56.4 Å². The molecule has 25 heavy (non-hydrogen) atoms. The lowest BCUT2D eigenvalue weighted by Crippen LogP contribution is -2.27. The maximum absolute atomic E-state index is 5.34. The fourth-order valence-electron chi connectivity index (χ4n) is 4.24. The molecule has 0 bridgehead atoms. The molecule has 0 radical (unpaired) electrons. The minimum Gasteiger partial charge on any atom is -0.384 e. The Labute approximate surface area is 148 Å². The number of ether oxygens (including phenoxy) is 1. The van der Waals surface area contributed by atoms with E-state index in [-0.39, 0.29) is 0 Å². The first-order valence-corrected chi connectivity index (χ1v) is 9.47. The first-order valence-electron chi connectivity index (χ1n) is 9.47. The number of hydrogen-bond donors (Lipinski definition) is 1. The van der Waals surface area contributed by atoms with Crippen LogP contribution in [0.15, 0.2) is 0 Å². The summed E-state index contributed by atoms with van der Waals surface area (Å²) >= 11 is 0. The van der Waals surface area contributed by atoms with Crippen LogP contribution in [0, 0.1) is 5.92 Å². The highest BCUT2D eigenvalue weighted by Gasteiger charge is 2.25. The highest BCUT2D eigenvalue weighted by atomic mass is 16.5. The summed E-state index contributed by atoms with van der Waals surface area (Å²) in [6.07, 6.45) is 8.21. The van der Waals surface area contributed by atoms with Gasteiger partial charge in [-0.15, -0.1) is 10.2 Å². The number of aromatic nitrogens is 5. The van der Waals surface area contributed by atoms with E-state index < -0.39 is 0 Å². The highest BCUT2D eigenvalue weighted by molar-refractivity contribution is 5.59. The van der Waals surface area contributed by atoms with Crippen LogP contribution in [-0.4, -0.2) is 51.8 Å². The molecule has 136 valence electrons. The molecule has 1 atom stereocenters. The Balaban J connectivity index is 1.56. The molecule has 1 fully saturated rings. The fraction of sp³-hybridized carbons (Fsp3) is 0.722. The largest absolute Gasteiger partial charge is 0.384 e. The maximum Gasteiger partial charge on any atom is 0.227 e. The Bertz CT molecular complexity index is 721. The summed E-state index contributed by atoms with van der Waals surface area (Å²) in [7, 11) is 3.86. The molecule has 1 N–H and O–H groups in total. The quantitative estimate of drug-likeness (QED) is 0.922. The van der Waals surface area contributed by atoms with E-state index in [2.05, 4.69) is 36.9 Å². The predicted octanol–water partition coefficient (Wildman–Crippen LogP) is 2.34. The summed E-state index contributed by atoms with van der Waals surface area (Å²) in [6.45, 7) is 2.90. The lowest BCUT2D eigenvalue weighted by molar-refractivity contribution is 0.146. The smallest absolute Gasteiger partial charge is 0.227 e. The van der Waals surface area contributed by atoms with E-state index in [1.165, 1.54) is 36.9 Å². The second-order valence-electron chi connectivity index (χ2n) is 7.36. The van der Waals surface area contributed by atoms with Gasteiger partial charge in [0.1, 0.15) is 5.69 Å². The van der Waals surface area contributed by atoms with Gasteiger partial charge in [-0.2, -0.15) is 5.10 Å². The third kappa shape index (κ3) is 3.17. The molecular formula is C18H28N6O. The predicted molar refractivity (Wildman–Crippen MR) is 96.7 cm³/mol. The molecule has 0 spiro atoms. The van der Waals surface area contributed by atoms with Crippen molar-refractivity contribution in [3.8, 4) is 11.5 Å². The molecule has 1 aliphatic heterocycles. The summed E-state index contributed by atoms with van der Waals surface area (Å²) in [5.74, 6) is 2.49. The topological polar surface area (TPSA) is 71.9 Å². The number of anilines is 1. The van der Waals surface area contributed by atoms with Gasteiger partial charge in [0.25, 0.3) is 0 Å². The summed E-state index contributed by atoms with van der Waals surface area (Å²) in [5, 5.41) is 16.8. The van der Waals surface area contributed by atoms with Crippen LogP contribution in [0.1, 0.15) is 43.4 Å². The van der Waals surface area contributed by atoms with Crippen LogP contribution in [-0.2, 0) is 24.6 Å². The van der Waals surface area contributed by atoms with Crippen LogP contribution >= 0.6 is 0 Å². The number of aryl methyl sites for hydroxylation is 1. The first kappa shape index (κ1) is 16.6. The second kappa shape index (κ2) is 7.15. The lowest BCUT2D eigenvalue weighted by atomic mass is 9.96. The number of nitrogens with one attached hydrogen (secondary N) is 1. The molecule has 2 aromatic rings. The van der Waals surface area contributed by atoms with Crippen molar-refractivity contribution in [2.45, 2.75) is 44.9 Å². The van der Waals surface area contributed by atoms with Crippen molar-refractivity contribution in [3.63, 3.8) is 0 Å². The van der Waals surface area contributed by atoms with Crippen molar-refractivity contribution in [3.05, 3.63) is 11.3 Å². The zero-order valence-electron chi connectivity index (χ0n) is 15.3. The van der Waals surface area contributed by atoms with Crippen molar-refractivity contribution in [1.82, 2.24) is 25.0 Å². The molecule has 1 saturated heterocycles. The number of fused-ring (bicyclic) bond motifs is 1. The van der Waals surface area contributed by atoms with Gasteiger partial charge in [-0.25, -0.2) is 0 Å². The van der Waals surface area contributed by atoms with Gasteiger partial charge < -0.3 is 9.64 Å². The van der Waals surface area contributed by atoms with Gasteiger partial charge in [0, 0.05) is 45.1 Å². The third-order valence-electron chi connectivity index (χ3n) is 5.65. The SMILES string of the molecule is COCC1CCCN(c2nnc(-c3n[nH]c4c3CCCC4)n2C)CC1. The van der Waals surface area contributed by atoms with Gasteiger partial charge in [0.2, 0.25) is 5.95 Å². The molecule has 1 unspecified atom stereocenters.